The number of hydrogen-bond acceptors (Lipinski definition) is 5. The van der Waals surface area contributed by atoms with Crippen LogP contribution in [0.4, 0.5) is 4.39 Å². The van der Waals surface area contributed by atoms with Gasteiger partial charge in [0.1, 0.15) is 10.0 Å². The Balaban J connectivity index is 2.16. The fraction of sp³-hybridized carbons (Fsp3) is 0.385. The highest BCUT2D eigenvalue weighted by atomic mass is 32.1. The number of hydrogen-bond donors (Lipinski definition) is 1. The number of ether oxygens (including phenoxy) is 1. The lowest BCUT2D eigenvalue weighted by Crippen LogP contribution is -2.21. The zero-order valence-electron chi connectivity index (χ0n) is 11.1. The predicted octanol–water partition coefficient (Wildman–Crippen LogP) is 2.85. The summed E-state index contributed by atoms with van der Waals surface area (Å²) in [6.07, 6.45) is 0. The molecule has 0 saturated heterocycles. The summed E-state index contributed by atoms with van der Waals surface area (Å²) in [5, 5.41) is 13.0. The van der Waals surface area contributed by atoms with Gasteiger partial charge in [-0.05, 0) is 18.2 Å². The van der Waals surface area contributed by atoms with Gasteiger partial charge in [0.25, 0.3) is 0 Å². The number of aromatic nitrogens is 2. The molecule has 2 rings (SSSR count). The Bertz CT molecular complexity index is 557. The number of rotatable bonds is 5. The van der Waals surface area contributed by atoms with Crippen LogP contribution in [-0.4, -0.2) is 23.3 Å². The molecule has 1 aromatic heterocycles. The lowest BCUT2D eigenvalue weighted by Gasteiger charge is -2.04. The van der Waals surface area contributed by atoms with Crippen molar-refractivity contribution in [2.75, 3.05) is 7.11 Å². The van der Waals surface area contributed by atoms with E-state index in [-0.39, 0.29) is 5.75 Å². The maximum absolute atomic E-state index is 13.6. The monoisotopic (exact) mass is 281 g/mol. The van der Waals surface area contributed by atoms with E-state index in [9.17, 15) is 4.39 Å². The van der Waals surface area contributed by atoms with E-state index in [4.69, 9.17) is 4.74 Å². The highest BCUT2D eigenvalue weighted by molar-refractivity contribution is 7.14. The third kappa shape index (κ3) is 3.48. The molecule has 1 N–H and O–H groups in total. The van der Waals surface area contributed by atoms with Crippen molar-refractivity contribution in [2.45, 2.75) is 26.4 Å². The largest absolute Gasteiger partial charge is 0.494 e. The molecule has 0 unspecified atom stereocenters. The molecular formula is C13H16FN3OS. The van der Waals surface area contributed by atoms with Crippen LogP contribution in [-0.2, 0) is 6.54 Å². The first-order valence-electron chi connectivity index (χ1n) is 6.00. The van der Waals surface area contributed by atoms with Crippen LogP contribution in [0.15, 0.2) is 18.2 Å². The molecule has 2 aromatic rings. The first-order valence-corrected chi connectivity index (χ1v) is 6.81. The van der Waals surface area contributed by atoms with Crippen LogP contribution in [0, 0.1) is 5.82 Å². The van der Waals surface area contributed by atoms with Gasteiger partial charge in [0.2, 0.25) is 0 Å². The number of methoxy groups -OCH3 is 1. The molecule has 0 saturated carbocycles. The van der Waals surface area contributed by atoms with Crippen molar-refractivity contribution in [2.24, 2.45) is 0 Å². The van der Waals surface area contributed by atoms with Gasteiger partial charge in [-0.25, -0.2) is 4.39 Å². The predicted molar refractivity (Wildman–Crippen MR) is 73.8 cm³/mol. The van der Waals surface area contributed by atoms with Crippen molar-refractivity contribution >= 4 is 11.3 Å². The molecular weight excluding hydrogens is 265 g/mol. The van der Waals surface area contributed by atoms with E-state index in [0.717, 1.165) is 5.01 Å². The van der Waals surface area contributed by atoms with Gasteiger partial charge < -0.3 is 10.1 Å². The van der Waals surface area contributed by atoms with Crippen molar-refractivity contribution in [1.29, 1.82) is 0 Å². The molecule has 1 heterocycles. The minimum absolute atomic E-state index is 0.231. The molecule has 0 fully saturated rings. The van der Waals surface area contributed by atoms with Crippen LogP contribution in [0.3, 0.4) is 0 Å². The van der Waals surface area contributed by atoms with E-state index in [1.807, 2.05) is 0 Å². The number of benzene rings is 1. The Labute approximate surface area is 115 Å². The van der Waals surface area contributed by atoms with Gasteiger partial charge in [-0.15, -0.1) is 10.2 Å². The highest BCUT2D eigenvalue weighted by Crippen LogP contribution is 2.27. The second-order valence-corrected chi connectivity index (χ2v) is 5.45. The molecule has 0 radical (unpaired) electrons. The van der Waals surface area contributed by atoms with Crippen molar-refractivity contribution in [3.8, 4) is 16.3 Å². The van der Waals surface area contributed by atoms with Crippen molar-refractivity contribution in [1.82, 2.24) is 15.5 Å². The van der Waals surface area contributed by atoms with E-state index in [1.165, 1.54) is 24.5 Å². The summed E-state index contributed by atoms with van der Waals surface area (Å²) >= 11 is 1.46. The Hall–Kier alpha value is -1.53. The number of nitrogens with zero attached hydrogens (tertiary/aromatic N) is 2. The summed E-state index contributed by atoms with van der Waals surface area (Å²) in [7, 11) is 1.44. The average molecular weight is 281 g/mol. The van der Waals surface area contributed by atoms with Gasteiger partial charge >= 0.3 is 0 Å². The van der Waals surface area contributed by atoms with Gasteiger partial charge in [-0.2, -0.15) is 0 Å². The van der Waals surface area contributed by atoms with Crippen LogP contribution < -0.4 is 10.1 Å². The lowest BCUT2D eigenvalue weighted by atomic mass is 10.2. The maximum atomic E-state index is 13.6. The van der Waals surface area contributed by atoms with Crippen LogP contribution in [0.25, 0.3) is 10.6 Å². The van der Waals surface area contributed by atoms with Gasteiger partial charge in [-0.3, -0.25) is 0 Å². The third-order valence-electron chi connectivity index (χ3n) is 2.53. The summed E-state index contributed by atoms with van der Waals surface area (Å²) in [4.78, 5) is 0. The molecule has 4 nitrogen and oxygen atoms in total. The van der Waals surface area contributed by atoms with Gasteiger partial charge in [0, 0.05) is 18.2 Å². The molecule has 0 aliphatic carbocycles. The maximum Gasteiger partial charge on any atom is 0.165 e. The minimum atomic E-state index is -0.392. The molecule has 19 heavy (non-hydrogen) atoms. The van der Waals surface area contributed by atoms with E-state index in [1.54, 1.807) is 12.1 Å². The lowest BCUT2D eigenvalue weighted by molar-refractivity contribution is 0.386. The van der Waals surface area contributed by atoms with Crippen LogP contribution in [0.1, 0.15) is 18.9 Å². The normalized spacial score (nSPS) is 11.0. The average Bonchev–Trinajstić information content (AvgIpc) is 2.85. The fourth-order valence-electron chi connectivity index (χ4n) is 1.53. The smallest absolute Gasteiger partial charge is 0.165 e. The molecule has 0 atom stereocenters. The first-order chi connectivity index (χ1) is 9.10. The van der Waals surface area contributed by atoms with Crippen LogP contribution in [0.2, 0.25) is 0 Å². The Morgan fingerprint density at radius 3 is 2.79 bits per heavy atom. The standard InChI is InChI=1S/C13H16FN3OS/c1-8(2)15-7-12-16-17-13(19-12)9-4-5-11(18-3)10(14)6-9/h4-6,8,15H,7H2,1-3H3. The molecule has 0 aliphatic rings. The van der Waals surface area contributed by atoms with Gasteiger partial charge in [0.15, 0.2) is 11.6 Å². The topological polar surface area (TPSA) is 47.0 Å². The summed E-state index contributed by atoms with van der Waals surface area (Å²) in [6.45, 7) is 4.82. The zero-order chi connectivity index (χ0) is 13.8. The van der Waals surface area contributed by atoms with Gasteiger partial charge in [-0.1, -0.05) is 25.2 Å². The van der Waals surface area contributed by atoms with Gasteiger partial charge in [0.05, 0.1) is 7.11 Å². The Morgan fingerprint density at radius 2 is 2.16 bits per heavy atom. The second kappa shape index (κ2) is 6.08. The van der Waals surface area contributed by atoms with Crippen molar-refractivity contribution in [3.05, 3.63) is 29.0 Å². The minimum Gasteiger partial charge on any atom is -0.494 e. The summed E-state index contributed by atoms with van der Waals surface area (Å²) in [6, 6.07) is 5.19. The fourth-order valence-corrected chi connectivity index (χ4v) is 2.32. The van der Waals surface area contributed by atoms with Crippen LogP contribution >= 0.6 is 11.3 Å². The number of nitrogens with one attached hydrogen (secondary N) is 1. The molecule has 1 aromatic carbocycles. The number of halogens is 1. The van der Waals surface area contributed by atoms with E-state index in [0.29, 0.717) is 23.2 Å². The SMILES string of the molecule is COc1ccc(-c2nnc(CNC(C)C)s2)cc1F. The molecule has 0 aliphatic heterocycles. The Morgan fingerprint density at radius 1 is 1.37 bits per heavy atom. The summed E-state index contributed by atoms with van der Waals surface area (Å²) < 4.78 is 18.5. The summed E-state index contributed by atoms with van der Waals surface area (Å²) in [5.41, 5.74) is 0.714. The van der Waals surface area contributed by atoms with Crippen LogP contribution in [0.5, 0.6) is 5.75 Å². The molecule has 0 bridgehead atoms. The third-order valence-corrected chi connectivity index (χ3v) is 3.50. The first kappa shape index (κ1) is 13.9. The highest BCUT2D eigenvalue weighted by Gasteiger charge is 2.10. The quantitative estimate of drug-likeness (QED) is 0.915. The van der Waals surface area contributed by atoms with E-state index < -0.39 is 5.82 Å². The van der Waals surface area contributed by atoms with E-state index in [2.05, 4.69) is 29.4 Å². The molecule has 6 heteroatoms. The van der Waals surface area contributed by atoms with Crippen molar-refractivity contribution < 1.29 is 9.13 Å². The second-order valence-electron chi connectivity index (χ2n) is 4.39. The molecule has 0 spiro atoms. The molecule has 0 amide bonds. The van der Waals surface area contributed by atoms with E-state index >= 15 is 0 Å². The zero-order valence-corrected chi connectivity index (χ0v) is 11.9. The molecule has 102 valence electrons. The summed E-state index contributed by atoms with van der Waals surface area (Å²) in [5.74, 6) is -0.160. The Kier molecular flexibility index (Phi) is 4.44. The van der Waals surface area contributed by atoms with Crippen molar-refractivity contribution in [3.63, 3.8) is 0 Å².